The Bertz CT molecular complexity index is 916. The molecule has 27 heavy (non-hydrogen) atoms. The molecule has 0 aliphatic carbocycles. The Morgan fingerprint density at radius 3 is 2.67 bits per heavy atom. The van der Waals surface area contributed by atoms with E-state index in [1.54, 1.807) is 18.4 Å². The van der Waals surface area contributed by atoms with E-state index in [2.05, 4.69) is 72.6 Å². The van der Waals surface area contributed by atoms with E-state index >= 15 is 0 Å². The molecule has 1 aliphatic heterocycles. The third-order valence-electron chi connectivity index (χ3n) is 4.73. The number of piperazine rings is 1. The van der Waals surface area contributed by atoms with Gasteiger partial charge >= 0.3 is 0 Å². The average molecular weight is 448 g/mol. The van der Waals surface area contributed by atoms with E-state index in [-0.39, 0.29) is 0 Å². The fourth-order valence-corrected chi connectivity index (χ4v) is 4.51. The Kier molecular flexibility index (Phi) is 5.38. The van der Waals surface area contributed by atoms with Gasteiger partial charge in [-0.3, -0.25) is 5.10 Å². The van der Waals surface area contributed by atoms with Crippen molar-refractivity contribution in [3.8, 4) is 16.3 Å². The van der Waals surface area contributed by atoms with Gasteiger partial charge in [-0.25, -0.2) is 0 Å². The Balaban J connectivity index is 1.51. The molecule has 2 N–H and O–H groups in total. The Morgan fingerprint density at radius 1 is 1.15 bits per heavy atom. The van der Waals surface area contributed by atoms with Crippen LogP contribution in [0.3, 0.4) is 0 Å². The number of hydrogen-bond acceptors (Lipinski definition) is 6. The Hall–Kier alpha value is -2.03. The summed E-state index contributed by atoms with van der Waals surface area (Å²) < 4.78 is 6.72. The quantitative estimate of drug-likeness (QED) is 0.606. The van der Waals surface area contributed by atoms with E-state index in [1.165, 1.54) is 5.69 Å². The third-order valence-corrected chi connectivity index (χ3v) is 6.39. The summed E-state index contributed by atoms with van der Waals surface area (Å²) in [6.07, 6.45) is 0. The minimum atomic E-state index is 0.764. The lowest BCUT2D eigenvalue weighted by Crippen LogP contribution is -2.44. The minimum Gasteiger partial charge on any atom is -0.494 e. The molecule has 0 atom stereocenters. The average Bonchev–Trinajstić information content (AvgIpc) is 3.31. The lowest BCUT2D eigenvalue weighted by molar-refractivity contribution is 0.312. The van der Waals surface area contributed by atoms with Crippen molar-refractivity contribution in [3.05, 3.63) is 40.2 Å². The number of hydrogen-bond donors (Lipinski definition) is 2. The number of benzene rings is 1. The van der Waals surface area contributed by atoms with Crippen LogP contribution in [0.25, 0.3) is 10.6 Å². The van der Waals surface area contributed by atoms with Crippen molar-refractivity contribution >= 4 is 44.5 Å². The van der Waals surface area contributed by atoms with Crippen LogP contribution in [0.15, 0.2) is 40.2 Å². The molecule has 0 saturated carbocycles. The number of H-pyrrole nitrogens is 1. The van der Waals surface area contributed by atoms with E-state index in [0.29, 0.717) is 0 Å². The lowest BCUT2D eigenvalue weighted by Gasteiger charge is -2.34. The number of methoxy groups -OCH3 is 1. The maximum absolute atomic E-state index is 5.62. The number of nitrogens with one attached hydrogen (secondary N) is 2. The highest BCUT2D eigenvalue weighted by Crippen LogP contribution is 2.34. The van der Waals surface area contributed by atoms with E-state index in [0.717, 1.165) is 57.8 Å². The summed E-state index contributed by atoms with van der Waals surface area (Å²) in [5.41, 5.74) is 3.08. The first-order valence-corrected chi connectivity index (χ1v) is 10.4. The minimum absolute atomic E-state index is 0.764. The maximum atomic E-state index is 5.62. The summed E-state index contributed by atoms with van der Waals surface area (Å²) in [6, 6.07) is 12.4. The molecule has 6 nitrogen and oxygen atoms in total. The van der Waals surface area contributed by atoms with Gasteiger partial charge in [0.05, 0.1) is 27.2 Å². The monoisotopic (exact) mass is 447 g/mol. The van der Waals surface area contributed by atoms with Gasteiger partial charge in [-0.1, -0.05) is 0 Å². The highest BCUT2D eigenvalue weighted by Gasteiger charge is 2.16. The fraction of sp³-hybridized carbons (Fsp3) is 0.316. The van der Waals surface area contributed by atoms with Crippen molar-refractivity contribution in [2.45, 2.75) is 0 Å². The number of aromatic nitrogens is 2. The maximum Gasteiger partial charge on any atom is 0.152 e. The first-order chi connectivity index (χ1) is 13.1. The van der Waals surface area contributed by atoms with Gasteiger partial charge in [0, 0.05) is 44.0 Å². The van der Waals surface area contributed by atoms with Crippen LogP contribution in [0, 0.1) is 0 Å². The van der Waals surface area contributed by atoms with Crippen LogP contribution in [0.5, 0.6) is 5.75 Å². The molecule has 0 amide bonds. The number of nitrogens with zero attached hydrogens (tertiary/aromatic N) is 3. The standard InChI is InChI=1S/C19H22BrN5OS/c1-24-7-9-25(10-8-24)13-3-4-14(16(11-13)26-2)21-19-12-15(22-23-19)17-5-6-18(20)27-17/h3-6,11-12H,7-10H2,1-2H3,(H2,21,22,23). The molecule has 1 aromatic carbocycles. The first-order valence-electron chi connectivity index (χ1n) is 8.82. The molecule has 1 aliphatic rings. The molecule has 3 aromatic rings. The van der Waals surface area contributed by atoms with Gasteiger partial charge in [0.1, 0.15) is 5.75 Å². The SMILES string of the molecule is COc1cc(N2CCN(C)CC2)ccc1Nc1cc(-c2ccc(Br)s2)[nH]n1. The summed E-state index contributed by atoms with van der Waals surface area (Å²) in [5, 5.41) is 10.8. The molecule has 0 spiro atoms. The predicted octanol–water partition coefficient (Wildman–Crippen LogP) is 4.40. The van der Waals surface area contributed by atoms with Gasteiger partial charge in [0.25, 0.3) is 0 Å². The number of rotatable bonds is 5. The molecule has 0 unspecified atom stereocenters. The fourth-order valence-electron chi connectivity index (χ4n) is 3.15. The molecular formula is C19H22BrN5OS. The zero-order chi connectivity index (χ0) is 18.8. The largest absolute Gasteiger partial charge is 0.494 e. The van der Waals surface area contributed by atoms with E-state index < -0.39 is 0 Å². The van der Waals surface area contributed by atoms with Gasteiger partial charge < -0.3 is 19.9 Å². The highest BCUT2D eigenvalue weighted by molar-refractivity contribution is 9.11. The molecule has 0 bridgehead atoms. The predicted molar refractivity (Wildman–Crippen MR) is 116 cm³/mol. The van der Waals surface area contributed by atoms with Gasteiger partial charge in [0.15, 0.2) is 5.82 Å². The van der Waals surface area contributed by atoms with Crippen molar-refractivity contribution in [2.75, 3.05) is 50.6 Å². The highest BCUT2D eigenvalue weighted by atomic mass is 79.9. The van der Waals surface area contributed by atoms with E-state index in [9.17, 15) is 0 Å². The van der Waals surface area contributed by atoms with Crippen LogP contribution in [0.4, 0.5) is 17.2 Å². The zero-order valence-electron chi connectivity index (χ0n) is 15.3. The smallest absolute Gasteiger partial charge is 0.152 e. The number of halogens is 1. The second-order valence-electron chi connectivity index (χ2n) is 6.57. The molecule has 2 aromatic heterocycles. The van der Waals surface area contributed by atoms with Crippen LogP contribution < -0.4 is 15.0 Å². The van der Waals surface area contributed by atoms with Crippen LogP contribution in [-0.2, 0) is 0 Å². The summed E-state index contributed by atoms with van der Waals surface area (Å²) in [4.78, 5) is 5.89. The summed E-state index contributed by atoms with van der Waals surface area (Å²) >= 11 is 5.17. The first kappa shape index (κ1) is 18.3. The van der Waals surface area contributed by atoms with Crippen LogP contribution in [-0.4, -0.2) is 55.4 Å². The van der Waals surface area contributed by atoms with Crippen molar-refractivity contribution < 1.29 is 4.74 Å². The van der Waals surface area contributed by atoms with Crippen molar-refractivity contribution in [3.63, 3.8) is 0 Å². The van der Waals surface area contributed by atoms with Gasteiger partial charge in [0.2, 0.25) is 0 Å². The molecule has 1 saturated heterocycles. The van der Waals surface area contributed by atoms with Gasteiger partial charge in [-0.2, -0.15) is 5.10 Å². The van der Waals surface area contributed by atoms with Crippen LogP contribution in [0.1, 0.15) is 0 Å². The summed E-state index contributed by atoms with van der Waals surface area (Å²) in [6.45, 7) is 4.23. The van der Waals surface area contributed by atoms with Crippen LogP contribution in [0.2, 0.25) is 0 Å². The Morgan fingerprint density at radius 2 is 1.96 bits per heavy atom. The second kappa shape index (κ2) is 7.92. The summed E-state index contributed by atoms with van der Waals surface area (Å²) in [7, 11) is 3.87. The van der Waals surface area contributed by atoms with Crippen molar-refractivity contribution in [1.29, 1.82) is 0 Å². The molecular weight excluding hydrogens is 426 g/mol. The number of ether oxygens (including phenoxy) is 1. The van der Waals surface area contributed by atoms with E-state index in [4.69, 9.17) is 4.74 Å². The number of likely N-dealkylation sites (N-methyl/N-ethyl adjacent to an activating group) is 1. The molecule has 3 heterocycles. The number of thiophene rings is 1. The molecule has 0 radical (unpaired) electrons. The Labute approximate surface area is 171 Å². The van der Waals surface area contributed by atoms with Crippen LogP contribution >= 0.6 is 27.3 Å². The normalized spacial score (nSPS) is 15.1. The number of aromatic amines is 1. The van der Waals surface area contributed by atoms with Gasteiger partial charge in [-0.05, 0) is 47.2 Å². The van der Waals surface area contributed by atoms with Crippen molar-refractivity contribution in [2.24, 2.45) is 0 Å². The second-order valence-corrected chi connectivity index (χ2v) is 9.03. The molecule has 1 fully saturated rings. The lowest BCUT2D eigenvalue weighted by atomic mass is 10.2. The third kappa shape index (κ3) is 4.12. The molecule has 8 heteroatoms. The molecule has 142 valence electrons. The summed E-state index contributed by atoms with van der Waals surface area (Å²) in [5.74, 6) is 1.58. The number of anilines is 3. The topological polar surface area (TPSA) is 56.4 Å². The zero-order valence-corrected chi connectivity index (χ0v) is 17.7. The van der Waals surface area contributed by atoms with Gasteiger partial charge in [-0.15, -0.1) is 11.3 Å². The molecule has 4 rings (SSSR count). The van der Waals surface area contributed by atoms with Crippen molar-refractivity contribution in [1.82, 2.24) is 15.1 Å². The van der Waals surface area contributed by atoms with E-state index in [1.807, 2.05) is 12.1 Å².